The summed E-state index contributed by atoms with van der Waals surface area (Å²) in [5.74, 6) is -1.74. The van der Waals surface area contributed by atoms with Gasteiger partial charge in [-0.05, 0) is 25.3 Å². The highest BCUT2D eigenvalue weighted by molar-refractivity contribution is 7.41. The van der Waals surface area contributed by atoms with Gasteiger partial charge in [-0.2, -0.15) is 0 Å². The Morgan fingerprint density at radius 3 is 2.29 bits per heavy atom. The minimum atomic E-state index is -2.15. The van der Waals surface area contributed by atoms with Crippen molar-refractivity contribution in [2.75, 3.05) is 19.8 Å². The maximum Gasteiger partial charge on any atom is 0.553 e. The lowest BCUT2D eigenvalue weighted by Gasteiger charge is -2.04. The summed E-state index contributed by atoms with van der Waals surface area (Å²) < 4.78 is 25.8. The molecule has 0 N–H and O–H groups in total. The normalized spacial score (nSPS) is 13.5. The van der Waals surface area contributed by atoms with Crippen molar-refractivity contribution < 1.29 is 23.4 Å². The molecule has 0 amide bonds. The molecule has 0 bridgehead atoms. The lowest BCUT2D eigenvalue weighted by Crippen LogP contribution is -2.23. The van der Waals surface area contributed by atoms with E-state index in [1.807, 2.05) is 0 Å². The van der Waals surface area contributed by atoms with Crippen LogP contribution in [0.25, 0.3) is 0 Å². The molecule has 0 saturated heterocycles. The fraction of sp³-hybridized carbons (Fsp3) is 0.875. The topological polar surface area (TPSA) is 61.8 Å². The zero-order valence-electron chi connectivity index (χ0n) is 8.69. The summed E-state index contributed by atoms with van der Waals surface area (Å²) in [5.41, 5.74) is 0. The third-order valence-corrected chi connectivity index (χ3v) is 2.52. The van der Waals surface area contributed by atoms with E-state index in [0.717, 1.165) is 0 Å². The Kier molecular flexibility index (Phi) is 7.57. The number of carbonyl (C=O) groups excluding carboxylic acids is 1. The van der Waals surface area contributed by atoms with Gasteiger partial charge in [0.25, 0.3) is 0 Å². The van der Waals surface area contributed by atoms with Crippen LogP contribution in [0.5, 0.6) is 0 Å². The molecule has 82 valence electrons. The van der Waals surface area contributed by atoms with Gasteiger partial charge in [-0.15, -0.1) is 4.52 Å². The fourth-order valence-corrected chi connectivity index (χ4v) is 1.69. The average molecular weight is 223 g/mol. The van der Waals surface area contributed by atoms with Gasteiger partial charge in [0.05, 0.1) is 13.2 Å². The molecule has 0 aliphatic heterocycles. The molecule has 0 fully saturated rings. The first-order chi connectivity index (χ1) is 6.67. The lowest BCUT2D eigenvalue weighted by atomic mass is 10.7. The summed E-state index contributed by atoms with van der Waals surface area (Å²) in [4.78, 5) is 11.2. The molecule has 0 saturated carbocycles. The largest absolute Gasteiger partial charge is 0.553 e. The average Bonchev–Trinajstić information content (AvgIpc) is 2.14. The van der Waals surface area contributed by atoms with Crippen molar-refractivity contribution in [3.05, 3.63) is 0 Å². The zero-order valence-corrected chi connectivity index (χ0v) is 9.58. The molecule has 0 rings (SSSR count). The fourth-order valence-electron chi connectivity index (χ4n) is 0.781. The second-order valence-electron chi connectivity index (χ2n) is 2.26. The molecule has 2 unspecified atom stereocenters. The van der Waals surface area contributed by atoms with Crippen molar-refractivity contribution in [2.24, 2.45) is 0 Å². The van der Waals surface area contributed by atoms with Gasteiger partial charge in [0.2, 0.25) is 0 Å². The van der Waals surface area contributed by atoms with Crippen LogP contribution in [0.2, 0.25) is 0 Å². The highest BCUT2D eigenvalue weighted by Gasteiger charge is 2.41. The van der Waals surface area contributed by atoms with E-state index in [0.29, 0.717) is 0 Å². The Bertz CT molecular complexity index is 176. The first-order valence-corrected chi connectivity index (χ1v) is 5.79. The molecule has 0 aromatic rings. The third-order valence-electron chi connectivity index (χ3n) is 1.26. The van der Waals surface area contributed by atoms with Gasteiger partial charge in [-0.3, -0.25) is 0 Å². The molecule has 0 heterocycles. The van der Waals surface area contributed by atoms with Gasteiger partial charge < -0.3 is 9.47 Å². The van der Waals surface area contributed by atoms with E-state index in [9.17, 15) is 9.36 Å². The standard InChI is InChI=1S/C8H16O5P/c1-4-11-7(9)8(12-5-2)14(10)13-6-3/h8H,4-6H2,1-3H3/q+1. The molecule has 2 atom stereocenters. The Morgan fingerprint density at radius 2 is 1.86 bits per heavy atom. The quantitative estimate of drug-likeness (QED) is 0.485. The monoisotopic (exact) mass is 223 g/mol. The van der Waals surface area contributed by atoms with Crippen LogP contribution in [0, 0.1) is 0 Å². The van der Waals surface area contributed by atoms with Crippen LogP contribution in [0.15, 0.2) is 0 Å². The molecular formula is C8H16O5P+. The second kappa shape index (κ2) is 7.85. The van der Waals surface area contributed by atoms with Gasteiger partial charge in [0.1, 0.15) is 0 Å². The highest BCUT2D eigenvalue weighted by atomic mass is 31.1. The minimum Gasteiger partial charge on any atom is -0.461 e. The van der Waals surface area contributed by atoms with Crippen LogP contribution in [-0.2, 0) is 23.4 Å². The van der Waals surface area contributed by atoms with E-state index in [-0.39, 0.29) is 19.8 Å². The molecule has 0 aliphatic carbocycles. The number of ether oxygens (including phenoxy) is 2. The van der Waals surface area contributed by atoms with E-state index in [1.165, 1.54) is 0 Å². The minimum absolute atomic E-state index is 0.234. The molecular weight excluding hydrogens is 207 g/mol. The molecule has 0 aromatic heterocycles. The van der Waals surface area contributed by atoms with E-state index < -0.39 is 19.8 Å². The van der Waals surface area contributed by atoms with E-state index >= 15 is 0 Å². The third kappa shape index (κ3) is 4.65. The maximum absolute atomic E-state index is 11.3. The van der Waals surface area contributed by atoms with Crippen molar-refractivity contribution >= 4 is 14.0 Å². The van der Waals surface area contributed by atoms with E-state index in [4.69, 9.17) is 14.0 Å². The Balaban J connectivity index is 4.25. The van der Waals surface area contributed by atoms with Gasteiger partial charge >= 0.3 is 19.8 Å². The van der Waals surface area contributed by atoms with Crippen molar-refractivity contribution in [3.63, 3.8) is 0 Å². The Labute approximate surface area is 84.6 Å². The summed E-state index contributed by atoms with van der Waals surface area (Å²) in [6.45, 7) is 5.88. The number of rotatable bonds is 7. The predicted molar refractivity (Wildman–Crippen MR) is 51.3 cm³/mol. The molecule has 0 aliphatic rings. The van der Waals surface area contributed by atoms with Gasteiger partial charge in [0.15, 0.2) is 0 Å². The SMILES string of the molecule is CCOC(=O)C(OCC)[P+](=O)OCC. The summed E-state index contributed by atoms with van der Waals surface area (Å²) in [6.07, 6.45) is 0. The van der Waals surface area contributed by atoms with Crippen LogP contribution in [0.1, 0.15) is 20.8 Å². The Hall–Kier alpha value is -0.510. The van der Waals surface area contributed by atoms with Gasteiger partial charge in [-0.1, -0.05) is 0 Å². The first kappa shape index (κ1) is 13.5. The Morgan fingerprint density at radius 1 is 1.21 bits per heavy atom. The number of carbonyl (C=O) groups is 1. The zero-order chi connectivity index (χ0) is 11.0. The summed E-state index contributed by atoms with van der Waals surface area (Å²) >= 11 is 0. The van der Waals surface area contributed by atoms with Crippen LogP contribution >= 0.6 is 8.03 Å². The number of hydrogen-bond acceptors (Lipinski definition) is 5. The molecule has 0 spiro atoms. The second-order valence-corrected chi connectivity index (χ2v) is 3.56. The van der Waals surface area contributed by atoms with Crippen LogP contribution in [0.3, 0.4) is 0 Å². The molecule has 0 aromatic carbocycles. The van der Waals surface area contributed by atoms with E-state index in [2.05, 4.69) is 0 Å². The van der Waals surface area contributed by atoms with E-state index in [1.54, 1.807) is 20.8 Å². The number of hydrogen-bond donors (Lipinski definition) is 0. The lowest BCUT2D eigenvalue weighted by molar-refractivity contribution is -0.151. The molecule has 0 radical (unpaired) electrons. The molecule has 5 nitrogen and oxygen atoms in total. The van der Waals surface area contributed by atoms with Crippen molar-refractivity contribution in [1.82, 2.24) is 0 Å². The summed E-state index contributed by atoms with van der Waals surface area (Å²) in [6, 6.07) is 0. The van der Waals surface area contributed by atoms with Crippen LogP contribution in [0.4, 0.5) is 0 Å². The van der Waals surface area contributed by atoms with Crippen LogP contribution in [-0.4, -0.2) is 31.6 Å². The van der Waals surface area contributed by atoms with Gasteiger partial charge in [0, 0.05) is 6.61 Å². The van der Waals surface area contributed by atoms with Crippen molar-refractivity contribution in [2.45, 2.75) is 26.6 Å². The molecule has 14 heavy (non-hydrogen) atoms. The molecule has 6 heteroatoms. The van der Waals surface area contributed by atoms with Gasteiger partial charge in [-0.25, -0.2) is 4.79 Å². The van der Waals surface area contributed by atoms with Crippen LogP contribution < -0.4 is 0 Å². The predicted octanol–water partition coefficient (Wildman–Crippen LogP) is 1.69. The van der Waals surface area contributed by atoms with Crippen molar-refractivity contribution in [3.8, 4) is 0 Å². The first-order valence-electron chi connectivity index (χ1n) is 4.54. The maximum atomic E-state index is 11.3. The smallest absolute Gasteiger partial charge is 0.461 e. The summed E-state index contributed by atoms with van der Waals surface area (Å²) in [5, 5.41) is 0. The summed E-state index contributed by atoms with van der Waals surface area (Å²) in [7, 11) is -2.15. The highest BCUT2D eigenvalue weighted by Crippen LogP contribution is 2.31. The van der Waals surface area contributed by atoms with Crippen molar-refractivity contribution in [1.29, 1.82) is 0 Å². The number of esters is 1.